The Hall–Kier alpha value is -1.40. The molecule has 162 valence electrons. The average molecular weight is 415 g/mol. The molecule has 28 heavy (non-hydrogen) atoms. The standard InChI is InChI=1S/C16H32O2.C6H6O3S/c1-2-3-4-5-6-7-8-9-10-11-12-13-14-15-16(17)18;7-10(8,9)6-4-2-1-3-5-6/h2-15H2,1H3,(H,17,18);1-5H,(H,7,8,9). The van der Waals surface area contributed by atoms with E-state index in [1.807, 2.05) is 0 Å². The van der Waals surface area contributed by atoms with Gasteiger partial charge in [-0.2, -0.15) is 8.42 Å². The summed E-state index contributed by atoms with van der Waals surface area (Å²) in [5.41, 5.74) is 0. The van der Waals surface area contributed by atoms with Gasteiger partial charge in [-0.05, 0) is 18.6 Å². The lowest BCUT2D eigenvalue weighted by atomic mass is 10.0. The summed E-state index contributed by atoms with van der Waals surface area (Å²) in [5.74, 6) is -0.655. The van der Waals surface area contributed by atoms with E-state index in [-0.39, 0.29) is 4.90 Å². The van der Waals surface area contributed by atoms with Crippen LogP contribution in [0, 0.1) is 0 Å². The molecule has 0 fully saturated rings. The normalized spacial score (nSPS) is 10.9. The van der Waals surface area contributed by atoms with Crippen molar-refractivity contribution in [3.63, 3.8) is 0 Å². The minimum atomic E-state index is -4.00. The molecule has 0 aliphatic carbocycles. The Morgan fingerprint density at radius 3 is 1.46 bits per heavy atom. The molecule has 1 aromatic carbocycles. The predicted molar refractivity (Wildman–Crippen MR) is 114 cm³/mol. The molecular weight excluding hydrogens is 376 g/mol. The molecule has 0 amide bonds. The zero-order valence-corrected chi connectivity index (χ0v) is 18.1. The lowest BCUT2D eigenvalue weighted by Gasteiger charge is -2.02. The predicted octanol–water partition coefficient (Wildman–Crippen LogP) is 6.49. The molecule has 1 rings (SSSR count). The van der Waals surface area contributed by atoms with Crippen LogP contribution in [0.15, 0.2) is 35.2 Å². The van der Waals surface area contributed by atoms with Crippen molar-refractivity contribution in [2.75, 3.05) is 0 Å². The van der Waals surface area contributed by atoms with Crippen LogP contribution in [0.25, 0.3) is 0 Å². The molecule has 0 heterocycles. The Bertz CT molecular complexity index is 584. The summed E-state index contributed by atoms with van der Waals surface area (Å²) >= 11 is 0. The first-order valence-electron chi connectivity index (χ1n) is 10.6. The molecule has 6 heteroatoms. The summed E-state index contributed by atoms with van der Waals surface area (Å²) in [4.78, 5) is 10.2. The maximum atomic E-state index is 10.4. The molecular formula is C22H38O5S. The minimum Gasteiger partial charge on any atom is -0.481 e. The van der Waals surface area contributed by atoms with Crippen molar-refractivity contribution in [1.82, 2.24) is 0 Å². The number of aliphatic carboxylic acids is 1. The number of hydrogen-bond donors (Lipinski definition) is 2. The highest BCUT2D eigenvalue weighted by molar-refractivity contribution is 7.85. The van der Waals surface area contributed by atoms with Gasteiger partial charge in [0.2, 0.25) is 0 Å². The number of benzene rings is 1. The van der Waals surface area contributed by atoms with Gasteiger partial charge in [-0.15, -0.1) is 0 Å². The second-order valence-electron chi connectivity index (χ2n) is 7.17. The van der Waals surface area contributed by atoms with E-state index in [0.717, 1.165) is 12.8 Å². The van der Waals surface area contributed by atoms with Crippen molar-refractivity contribution < 1.29 is 22.9 Å². The number of carboxylic acids is 1. The zero-order chi connectivity index (χ0) is 21.1. The lowest BCUT2D eigenvalue weighted by molar-refractivity contribution is -0.137. The van der Waals surface area contributed by atoms with Crippen molar-refractivity contribution in [2.45, 2.75) is 102 Å². The Labute approximate surface area is 171 Å². The Morgan fingerprint density at radius 1 is 0.750 bits per heavy atom. The fraction of sp³-hybridized carbons (Fsp3) is 0.682. The Morgan fingerprint density at radius 2 is 1.14 bits per heavy atom. The summed E-state index contributed by atoms with van der Waals surface area (Å²) in [5, 5.41) is 8.49. The number of unbranched alkanes of at least 4 members (excludes halogenated alkanes) is 12. The van der Waals surface area contributed by atoms with E-state index < -0.39 is 16.1 Å². The summed E-state index contributed by atoms with van der Waals surface area (Å²) in [6.45, 7) is 2.26. The first kappa shape index (κ1) is 26.6. The quantitative estimate of drug-likeness (QED) is 0.253. The third-order valence-electron chi connectivity index (χ3n) is 4.54. The van der Waals surface area contributed by atoms with Gasteiger partial charge in [-0.25, -0.2) is 0 Å². The molecule has 2 N–H and O–H groups in total. The van der Waals surface area contributed by atoms with Crippen LogP contribution in [-0.4, -0.2) is 24.0 Å². The molecule has 0 aliphatic rings. The van der Waals surface area contributed by atoms with Gasteiger partial charge in [0, 0.05) is 6.42 Å². The monoisotopic (exact) mass is 414 g/mol. The molecule has 0 aliphatic heterocycles. The SMILES string of the molecule is CCCCCCCCCCCCCCCC(=O)O.O=S(=O)(O)c1ccccc1. The molecule has 0 radical (unpaired) electrons. The summed E-state index contributed by atoms with van der Waals surface area (Å²) in [7, 11) is -4.00. The van der Waals surface area contributed by atoms with E-state index in [9.17, 15) is 13.2 Å². The van der Waals surface area contributed by atoms with E-state index in [0.29, 0.717) is 6.42 Å². The third kappa shape index (κ3) is 18.0. The van der Waals surface area contributed by atoms with E-state index in [1.165, 1.54) is 82.8 Å². The van der Waals surface area contributed by atoms with Gasteiger partial charge < -0.3 is 5.11 Å². The van der Waals surface area contributed by atoms with Crippen LogP contribution < -0.4 is 0 Å². The average Bonchev–Trinajstić information content (AvgIpc) is 2.66. The van der Waals surface area contributed by atoms with Crippen LogP contribution in [-0.2, 0) is 14.9 Å². The van der Waals surface area contributed by atoms with Crippen molar-refractivity contribution >= 4 is 16.1 Å². The number of rotatable bonds is 15. The van der Waals surface area contributed by atoms with E-state index in [1.54, 1.807) is 18.2 Å². The number of hydrogen-bond acceptors (Lipinski definition) is 3. The first-order valence-corrected chi connectivity index (χ1v) is 12.1. The van der Waals surface area contributed by atoms with Crippen molar-refractivity contribution in [2.24, 2.45) is 0 Å². The maximum Gasteiger partial charge on any atom is 0.303 e. The Kier molecular flexibility index (Phi) is 16.8. The van der Waals surface area contributed by atoms with Crippen molar-refractivity contribution in [1.29, 1.82) is 0 Å². The van der Waals surface area contributed by atoms with E-state index in [2.05, 4.69) is 6.92 Å². The smallest absolute Gasteiger partial charge is 0.303 e. The molecule has 0 spiro atoms. The second-order valence-corrected chi connectivity index (χ2v) is 8.60. The second kappa shape index (κ2) is 17.7. The van der Waals surface area contributed by atoms with Crippen molar-refractivity contribution in [3.05, 3.63) is 30.3 Å². The van der Waals surface area contributed by atoms with Crippen LogP contribution in [0.4, 0.5) is 0 Å². The topological polar surface area (TPSA) is 91.7 Å². The van der Waals surface area contributed by atoms with E-state index >= 15 is 0 Å². The fourth-order valence-electron chi connectivity index (χ4n) is 2.89. The minimum absolute atomic E-state index is 0.0741. The van der Waals surface area contributed by atoms with Crippen LogP contribution in [0.2, 0.25) is 0 Å². The molecule has 1 aromatic rings. The van der Waals surface area contributed by atoms with E-state index in [4.69, 9.17) is 9.66 Å². The molecule has 0 saturated carbocycles. The largest absolute Gasteiger partial charge is 0.481 e. The first-order chi connectivity index (χ1) is 13.4. The molecule has 0 atom stereocenters. The van der Waals surface area contributed by atoms with Crippen LogP contribution in [0.5, 0.6) is 0 Å². The Balaban J connectivity index is 0.000000609. The van der Waals surface area contributed by atoms with Gasteiger partial charge in [-0.3, -0.25) is 9.35 Å². The van der Waals surface area contributed by atoms with Gasteiger partial charge in [0.25, 0.3) is 10.1 Å². The highest BCUT2D eigenvalue weighted by Crippen LogP contribution is 2.12. The molecule has 0 aromatic heterocycles. The van der Waals surface area contributed by atoms with Crippen molar-refractivity contribution in [3.8, 4) is 0 Å². The third-order valence-corrected chi connectivity index (χ3v) is 5.40. The number of carbonyl (C=O) groups is 1. The fourth-order valence-corrected chi connectivity index (χ4v) is 3.39. The maximum absolute atomic E-state index is 10.4. The van der Waals surface area contributed by atoms with Crippen LogP contribution >= 0.6 is 0 Å². The van der Waals surface area contributed by atoms with Gasteiger partial charge in [0.1, 0.15) is 0 Å². The van der Waals surface area contributed by atoms with Gasteiger partial charge >= 0.3 is 5.97 Å². The number of carboxylic acid groups (broad SMARTS) is 1. The highest BCUT2D eigenvalue weighted by Gasteiger charge is 2.05. The van der Waals surface area contributed by atoms with Gasteiger partial charge in [0.05, 0.1) is 4.90 Å². The zero-order valence-electron chi connectivity index (χ0n) is 17.3. The summed E-state index contributed by atoms with van der Waals surface area (Å²) in [6.07, 6.45) is 17.3. The molecule has 0 unspecified atom stereocenters. The molecule has 0 saturated heterocycles. The van der Waals surface area contributed by atoms with Crippen LogP contribution in [0.1, 0.15) is 96.8 Å². The lowest BCUT2D eigenvalue weighted by Crippen LogP contribution is -1.96. The van der Waals surface area contributed by atoms with Crippen LogP contribution in [0.3, 0.4) is 0 Å². The van der Waals surface area contributed by atoms with Gasteiger partial charge in [0.15, 0.2) is 0 Å². The molecule has 0 bridgehead atoms. The summed E-state index contributed by atoms with van der Waals surface area (Å²) < 4.78 is 29.2. The summed E-state index contributed by atoms with van der Waals surface area (Å²) in [6, 6.07) is 7.42. The van der Waals surface area contributed by atoms with Gasteiger partial charge in [-0.1, -0.05) is 102 Å². The molecule has 5 nitrogen and oxygen atoms in total. The highest BCUT2D eigenvalue weighted by atomic mass is 32.2.